The summed E-state index contributed by atoms with van der Waals surface area (Å²) >= 11 is 0. The van der Waals surface area contributed by atoms with Gasteiger partial charge in [0.25, 0.3) is 0 Å². The second-order valence-corrected chi connectivity index (χ2v) is 11.9. The summed E-state index contributed by atoms with van der Waals surface area (Å²) in [5.74, 6) is 0.588. The number of carbonyl (C=O) groups is 2. The topological polar surface area (TPSA) is 61.8 Å². The van der Waals surface area contributed by atoms with Crippen molar-refractivity contribution in [3.05, 3.63) is 96.1 Å². The predicted octanol–water partition coefficient (Wildman–Crippen LogP) is 11.0. The van der Waals surface area contributed by atoms with Crippen molar-refractivity contribution < 1.29 is 23.8 Å². The molecule has 0 aliphatic heterocycles. The molecule has 0 heterocycles. The molecule has 0 amide bonds. The van der Waals surface area contributed by atoms with Crippen LogP contribution in [0.5, 0.6) is 11.5 Å². The zero-order chi connectivity index (χ0) is 31.9. The van der Waals surface area contributed by atoms with E-state index in [-0.39, 0.29) is 12.1 Å². The van der Waals surface area contributed by atoms with Gasteiger partial charge in [0.05, 0.1) is 23.8 Å². The summed E-state index contributed by atoms with van der Waals surface area (Å²) in [5, 5.41) is 1.75. The molecule has 4 rings (SSSR count). The molecular weight excluding hydrogens is 560 g/mol. The third-order valence-corrected chi connectivity index (χ3v) is 8.11. The van der Waals surface area contributed by atoms with Crippen LogP contribution in [0, 0.1) is 0 Å². The number of hydrogen-bond acceptors (Lipinski definition) is 5. The highest BCUT2D eigenvalue weighted by molar-refractivity contribution is 5.96. The Hall–Kier alpha value is -4.12. The Kier molecular flexibility index (Phi) is 13.5. The molecule has 0 radical (unpaired) electrons. The second kappa shape index (κ2) is 18.0. The largest absolute Gasteiger partial charge is 0.494 e. The zero-order valence-electron chi connectivity index (χ0n) is 27.2. The maximum absolute atomic E-state index is 12.9. The van der Waals surface area contributed by atoms with Gasteiger partial charge < -0.3 is 14.2 Å². The first-order valence-corrected chi connectivity index (χ1v) is 16.8. The molecule has 0 aliphatic rings. The summed E-state index contributed by atoms with van der Waals surface area (Å²) < 4.78 is 17.2. The fraction of sp³-hybridized carbons (Fsp3) is 0.400. The van der Waals surface area contributed by atoms with Crippen molar-refractivity contribution in [3.8, 4) is 22.6 Å². The third kappa shape index (κ3) is 10.8. The summed E-state index contributed by atoms with van der Waals surface area (Å²) in [7, 11) is 0. The maximum Gasteiger partial charge on any atom is 0.343 e. The Balaban J connectivity index is 1.27. The van der Waals surface area contributed by atoms with Gasteiger partial charge in [0.15, 0.2) is 0 Å². The summed E-state index contributed by atoms with van der Waals surface area (Å²) in [4.78, 5) is 25.6. The molecular formula is C40H48O5. The smallest absolute Gasteiger partial charge is 0.343 e. The molecule has 5 nitrogen and oxygen atoms in total. The molecule has 238 valence electrons. The number of rotatable bonds is 18. The van der Waals surface area contributed by atoms with Crippen LogP contribution in [0.25, 0.3) is 21.9 Å². The lowest BCUT2D eigenvalue weighted by Gasteiger charge is -2.13. The average Bonchev–Trinajstić information content (AvgIpc) is 3.06. The summed E-state index contributed by atoms with van der Waals surface area (Å²) in [6, 6.07) is 26.3. The Morgan fingerprint density at radius 1 is 0.578 bits per heavy atom. The Bertz CT molecular complexity index is 1490. The van der Waals surface area contributed by atoms with E-state index in [9.17, 15) is 9.59 Å². The van der Waals surface area contributed by atoms with Crippen LogP contribution in [0.15, 0.2) is 84.9 Å². The van der Waals surface area contributed by atoms with E-state index in [0.717, 1.165) is 59.9 Å². The minimum atomic E-state index is -0.424. The lowest BCUT2D eigenvalue weighted by molar-refractivity contribution is 0.0319. The van der Waals surface area contributed by atoms with E-state index in [1.165, 1.54) is 44.9 Å². The molecule has 0 aromatic heterocycles. The van der Waals surface area contributed by atoms with Gasteiger partial charge in [-0.15, -0.1) is 0 Å². The van der Waals surface area contributed by atoms with E-state index in [2.05, 4.69) is 13.8 Å². The minimum Gasteiger partial charge on any atom is -0.494 e. The molecule has 45 heavy (non-hydrogen) atoms. The fourth-order valence-corrected chi connectivity index (χ4v) is 5.36. The van der Waals surface area contributed by atoms with Gasteiger partial charge in [-0.25, -0.2) is 9.59 Å². The standard InChI is InChI=1S/C40H48O5/c1-4-6-8-10-11-13-27-43-37-24-21-32(22-25-37)31-15-17-33(18-16-31)39(41)45-38-26-23-34-28-36(20-19-35(34)29-38)40(42)44-30(3)14-12-9-7-5-2/h15-26,28-30H,4-14,27H2,1-3H3/t30-/m1/s1. The van der Waals surface area contributed by atoms with Crippen molar-refractivity contribution in [3.63, 3.8) is 0 Å². The number of carbonyl (C=O) groups excluding carboxylic acids is 2. The van der Waals surface area contributed by atoms with Gasteiger partial charge >= 0.3 is 11.9 Å². The molecule has 0 saturated heterocycles. The maximum atomic E-state index is 12.9. The van der Waals surface area contributed by atoms with Gasteiger partial charge in [0, 0.05) is 0 Å². The van der Waals surface area contributed by atoms with Crippen LogP contribution in [0.2, 0.25) is 0 Å². The number of esters is 2. The molecule has 1 atom stereocenters. The van der Waals surface area contributed by atoms with Gasteiger partial charge in [-0.2, -0.15) is 0 Å². The second-order valence-electron chi connectivity index (χ2n) is 11.9. The predicted molar refractivity (Wildman–Crippen MR) is 183 cm³/mol. The van der Waals surface area contributed by atoms with E-state index in [1.54, 1.807) is 24.3 Å². The molecule has 0 fully saturated rings. The van der Waals surface area contributed by atoms with Crippen molar-refractivity contribution in [2.24, 2.45) is 0 Å². The SMILES string of the molecule is CCCCCCCCOc1ccc(-c2ccc(C(=O)Oc3ccc4cc(C(=O)O[C@H](C)CCCCCC)ccc4c3)cc2)cc1. The lowest BCUT2D eigenvalue weighted by atomic mass is 10.0. The highest BCUT2D eigenvalue weighted by Crippen LogP contribution is 2.26. The van der Waals surface area contributed by atoms with Gasteiger partial charge in [-0.1, -0.05) is 102 Å². The van der Waals surface area contributed by atoms with Crippen molar-refractivity contribution in [1.82, 2.24) is 0 Å². The summed E-state index contributed by atoms with van der Waals surface area (Å²) in [5.41, 5.74) is 3.06. The van der Waals surface area contributed by atoms with Crippen LogP contribution in [0.3, 0.4) is 0 Å². The van der Waals surface area contributed by atoms with Gasteiger partial charge in [-0.05, 0) is 96.6 Å². The van der Waals surface area contributed by atoms with Crippen molar-refractivity contribution >= 4 is 22.7 Å². The number of hydrogen-bond donors (Lipinski definition) is 0. The number of benzene rings is 4. The molecule has 5 heteroatoms. The molecule has 0 unspecified atom stereocenters. The first kappa shape index (κ1) is 33.8. The first-order chi connectivity index (χ1) is 22.0. The van der Waals surface area contributed by atoms with E-state index in [0.29, 0.717) is 16.9 Å². The van der Waals surface area contributed by atoms with Gasteiger partial charge in [-0.3, -0.25) is 0 Å². The van der Waals surface area contributed by atoms with E-state index in [4.69, 9.17) is 14.2 Å². The molecule has 4 aromatic carbocycles. The molecule has 0 aliphatic carbocycles. The van der Waals surface area contributed by atoms with E-state index >= 15 is 0 Å². The highest BCUT2D eigenvalue weighted by Gasteiger charge is 2.14. The Labute approximate surface area is 268 Å². The quantitative estimate of drug-likeness (QED) is 0.0639. The Morgan fingerprint density at radius 3 is 1.84 bits per heavy atom. The van der Waals surface area contributed by atoms with Gasteiger partial charge in [0.1, 0.15) is 11.5 Å². The molecule has 0 bridgehead atoms. The van der Waals surface area contributed by atoms with Crippen molar-refractivity contribution in [1.29, 1.82) is 0 Å². The van der Waals surface area contributed by atoms with Crippen LogP contribution in [-0.4, -0.2) is 24.6 Å². The highest BCUT2D eigenvalue weighted by atomic mass is 16.5. The number of ether oxygens (including phenoxy) is 3. The van der Waals surface area contributed by atoms with Crippen LogP contribution >= 0.6 is 0 Å². The van der Waals surface area contributed by atoms with Gasteiger partial charge in [0.2, 0.25) is 0 Å². The fourth-order valence-electron chi connectivity index (χ4n) is 5.36. The zero-order valence-corrected chi connectivity index (χ0v) is 27.2. The van der Waals surface area contributed by atoms with E-state index in [1.807, 2.05) is 67.6 Å². The number of unbranched alkanes of at least 4 members (excludes halogenated alkanes) is 8. The molecule has 0 saturated carbocycles. The van der Waals surface area contributed by atoms with Crippen molar-refractivity contribution in [2.45, 2.75) is 97.5 Å². The van der Waals surface area contributed by atoms with Crippen LogP contribution in [-0.2, 0) is 4.74 Å². The molecule has 4 aromatic rings. The van der Waals surface area contributed by atoms with Crippen LogP contribution in [0.1, 0.15) is 112 Å². The monoisotopic (exact) mass is 608 g/mol. The first-order valence-electron chi connectivity index (χ1n) is 16.8. The van der Waals surface area contributed by atoms with E-state index < -0.39 is 5.97 Å². The molecule has 0 spiro atoms. The lowest BCUT2D eigenvalue weighted by Crippen LogP contribution is -2.15. The average molecular weight is 609 g/mol. The summed E-state index contributed by atoms with van der Waals surface area (Å²) in [6.45, 7) is 7.11. The van der Waals surface area contributed by atoms with Crippen LogP contribution in [0.4, 0.5) is 0 Å². The third-order valence-electron chi connectivity index (χ3n) is 8.11. The number of fused-ring (bicyclic) bond motifs is 1. The minimum absolute atomic E-state index is 0.111. The normalized spacial score (nSPS) is 11.7. The molecule has 0 N–H and O–H groups in total. The summed E-state index contributed by atoms with van der Waals surface area (Å²) in [6.07, 6.45) is 12.9. The van der Waals surface area contributed by atoms with Crippen molar-refractivity contribution in [2.75, 3.05) is 6.61 Å². The Morgan fingerprint density at radius 2 is 1.13 bits per heavy atom. The van der Waals surface area contributed by atoms with Crippen LogP contribution < -0.4 is 9.47 Å².